The van der Waals surface area contributed by atoms with E-state index in [0.717, 1.165) is 30.7 Å². The number of nitrogens with one attached hydrogen (secondary N) is 1. The van der Waals surface area contributed by atoms with Gasteiger partial charge < -0.3 is 25.6 Å². The molecular formula is C28H30F2N4O4. The largest absolute Gasteiger partial charge is 0.477 e. The number of carboxylic acids is 1. The Morgan fingerprint density at radius 3 is 2.61 bits per heavy atom. The third-order valence-corrected chi connectivity index (χ3v) is 7.55. The number of aromatic nitrogens is 1. The highest BCUT2D eigenvalue weighted by Crippen LogP contribution is 2.41. The van der Waals surface area contributed by atoms with Crippen molar-refractivity contribution >= 4 is 28.5 Å². The lowest BCUT2D eigenvalue weighted by Gasteiger charge is -2.27. The molecule has 3 aromatic rings. The van der Waals surface area contributed by atoms with Gasteiger partial charge in [0.2, 0.25) is 11.3 Å². The van der Waals surface area contributed by atoms with Gasteiger partial charge >= 0.3 is 5.97 Å². The monoisotopic (exact) mass is 524 g/mol. The third kappa shape index (κ3) is 4.88. The first-order valence-corrected chi connectivity index (χ1v) is 12.7. The fourth-order valence-corrected chi connectivity index (χ4v) is 5.27. The van der Waals surface area contributed by atoms with Gasteiger partial charge in [0.1, 0.15) is 17.1 Å². The van der Waals surface area contributed by atoms with Crippen LogP contribution in [0.5, 0.6) is 0 Å². The first kappa shape index (κ1) is 25.8. The van der Waals surface area contributed by atoms with Gasteiger partial charge in [-0.25, -0.2) is 13.6 Å². The molecule has 2 heterocycles. The zero-order chi connectivity index (χ0) is 27.2. The van der Waals surface area contributed by atoms with Gasteiger partial charge in [0.25, 0.3) is 0 Å². The Morgan fingerprint density at radius 1 is 1.24 bits per heavy atom. The van der Waals surface area contributed by atoms with Crippen LogP contribution in [0, 0.1) is 17.0 Å². The van der Waals surface area contributed by atoms with E-state index >= 15 is 8.78 Å². The average Bonchev–Trinajstić information content (AvgIpc) is 3.65. The van der Waals surface area contributed by atoms with Crippen molar-refractivity contribution in [3.8, 4) is 0 Å². The number of nitrogens with zero attached hydrogens (tertiary/aromatic N) is 2. The van der Waals surface area contributed by atoms with Crippen molar-refractivity contribution in [2.45, 2.75) is 44.7 Å². The topological polar surface area (TPSA) is 118 Å². The average molecular weight is 525 g/mol. The van der Waals surface area contributed by atoms with Crippen LogP contribution in [0.2, 0.25) is 0 Å². The van der Waals surface area contributed by atoms with Crippen molar-refractivity contribution in [2.24, 2.45) is 11.1 Å². The molecule has 2 unspecified atom stereocenters. The molecule has 200 valence electrons. The number of carboxylic acid groups (broad SMARTS) is 1. The van der Waals surface area contributed by atoms with Gasteiger partial charge in [-0.1, -0.05) is 37.3 Å². The standard InChI is InChI=1S/C28H30F2N4O4/c1-28(14-32-26(36)21(31)11-16-5-3-2-4-6-16)9-10-33(15-28)24-20(29)12-18-23(22(24)30)34(17-7-8-17)13-19(25(18)35)27(37)38/h2-6,12-13,17,21H,7-11,14-15,31H2,1H3,(H,32,36)(H,37,38). The van der Waals surface area contributed by atoms with Crippen LogP contribution in [0.25, 0.3) is 10.9 Å². The van der Waals surface area contributed by atoms with Gasteiger partial charge in [-0.2, -0.15) is 0 Å². The zero-order valence-corrected chi connectivity index (χ0v) is 21.0. The number of hydrogen-bond donors (Lipinski definition) is 3. The number of benzene rings is 2. The number of carbonyl (C=O) groups is 2. The van der Waals surface area contributed by atoms with Gasteiger partial charge in [-0.3, -0.25) is 9.59 Å². The summed E-state index contributed by atoms with van der Waals surface area (Å²) in [6, 6.07) is 9.56. The lowest BCUT2D eigenvalue weighted by Crippen LogP contribution is -2.46. The van der Waals surface area contributed by atoms with Crippen LogP contribution in [0.4, 0.5) is 14.5 Å². The molecule has 38 heavy (non-hydrogen) atoms. The van der Waals surface area contributed by atoms with Crippen LogP contribution in [0.15, 0.2) is 47.4 Å². The number of hydrogen-bond acceptors (Lipinski definition) is 5. The van der Waals surface area contributed by atoms with Crippen LogP contribution >= 0.6 is 0 Å². The number of pyridine rings is 1. The predicted octanol–water partition coefficient (Wildman–Crippen LogP) is 3.22. The number of rotatable bonds is 8. The molecule has 2 aliphatic rings. The second-order valence-corrected chi connectivity index (χ2v) is 10.7. The van der Waals surface area contributed by atoms with E-state index in [9.17, 15) is 19.5 Å². The summed E-state index contributed by atoms with van der Waals surface area (Å²) in [6.45, 7) is 2.85. The molecule has 2 atom stereocenters. The lowest BCUT2D eigenvalue weighted by molar-refractivity contribution is -0.122. The maximum Gasteiger partial charge on any atom is 0.341 e. The molecule has 1 aromatic heterocycles. The minimum atomic E-state index is -1.43. The summed E-state index contributed by atoms with van der Waals surface area (Å²) in [5, 5.41) is 12.0. The van der Waals surface area contributed by atoms with E-state index in [1.54, 1.807) is 4.90 Å². The number of anilines is 1. The summed E-state index contributed by atoms with van der Waals surface area (Å²) in [7, 11) is 0. The normalized spacial score (nSPS) is 20.1. The first-order chi connectivity index (χ1) is 18.1. The molecule has 1 aliphatic carbocycles. The molecule has 1 saturated carbocycles. The van der Waals surface area contributed by atoms with Crippen molar-refractivity contribution in [3.05, 3.63) is 75.6 Å². The Hall–Kier alpha value is -3.79. The lowest BCUT2D eigenvalue weighted by atomic mass is 9.89. The van der Waals surface area contributed by atoms with E-state index in [2.05, 4.69) is 5.32 Å². The molecule has 5 rings (SSSR count). The minimum absolute atomic E-state index is 0.0762. The van der Waals surface area contributed by atoms with Crippen LogP contribution < -0.4 is 21.4 Å². The Labute approximate surface area is 218 Å². The van der Waals surface area contributed by atoms with Gasteiger partial charge in [0.05, 0.1) is 16.9 Å². The molecule has 1 aliphatic heterocycles. The highest BCUT2D eigenvalue weighted by molar-refractivity contribution is 5.94. The van der Waals surface area contributed by atoms with Gasteiger partial charge in [0, 0.05) is 37.3 Å². The quantitative estimate of drug-likeness (QED) is 0.417. The highest BCUT2D eigenvalue weighted by atomic mass is 19.1. The molecule has 10 heteroatoms. The van der Waals surface area contributed by atoms with Crippen molar-refractivity contribution < 1.29 is 23.5 Å². The fourth-order valence-electron chi connectivity index (χ4n) is 5.27. The Kier molecular flexibility index (Phi) is 6.68. The minimum Gasteiger partial charge on any atom is -0.477 e. The van der Waals surface area contributed by atoms with Crippen LogP contribution in [0.1, 0.15) is 48.1 Å². The zero-order valence-electron chi connectivity index (χ0n) is 21.0. The molecule has 0 spiro atoms. The van der Waals surface area contributed by atoms with Gasteiger partial charge in [0.15, 0.2) is 5.82 Å². The second-order valence-electron chi connectivity index (χ2n) is 10.7. The first-order valence-electron chi connectivity index (χ1n) is 12.7. The summed E-state index contributed by atoms with van der Waals surface area (Å²) in [5.41, 5.74) is 4.84. The number of carbonyl (C=O) groups excluding carboxylic acids is 1. The van der Waals surface area contributed by atoms with Crippen molar-refractivity contribution in [1.82, 2.24) is 9.88 Å². The molecule has 2 aromatic carbocycles. The summed E-state index contributed by atoms with van der Waals surface area (Å²) in [5.74, 6) is -3.52. The number of halogens is 2. The molecule has 4 N–H and O–H groups in total. The van der Waals surface area contributed by atoms with Crippen molar-refractivity contribution in [1.29, 1.82) is 0 Å². The summed E-state index contributed by atoms with van der Waals surface area (Å²) in [4.78, 5) is 38.5. The molecule has 1 amide bonds. The maximum atomic E-state index is 15.9. The van der Waals surface area contributed by atoms with E-state index in [-0.39, 0.29) is 41.6 Å². The summed E-state index contributed by atoms with van der Waals surface area (Å²) >= 11 is 0. The predicted molar refractivity (Wildman–Crippen MR) is 139 cm³/mol. The second kappa shape index (κ2) is 9.83. The summed E-state index contributed by atoms with van der Waals surface area (Å²) < 4.78 is 32.7. The Balaban J connectivity index is 1.36. The molecular weight excluding hydrogens is 494 g/mol. The molecule has 1 saturated heterocycles. The molecule has 0 radical (unpaired) electrons. The van der Waals surface area contributed by atoms with Gasteiger partial charge in [-0.15, -0.1) is 0 Å². The number of fused-ring (bicyclic) bond motifs is 1. The van der Waals surface area contributed by atoms with E-state index in [1.807, 2.05) is 37.3 Å². The van der Waals surface area contributed by atoms with E-state index in [4.69, 9.17) is 5.73 Å². The van der Waals surface area contributed by atoms with Crippen LogP contribution in [0.3, 0.4) is 0 Å². The molecule has 0 bridgehead atoms. The van der Waals surface area contributed by atoms with E-state index in [0.29, 0.717) is 19.4 Å². The Morgan fingerprint density at radius 2 is 1.95 bits per heavy atom. The van der Waals surface area contributed by atoms with Gasteiger partial charge in [-0.05, 0) is 37.3 Å². The molecule has 8 nitrogen and oxygen atoms in total. The van der Waals surface area contributed by atoms with Crippen LogP contribution in [-0.2, 0) is 11.2 Å². The fraction of sp³-hybridized carbons (Fsp3) is 0.393. The third-order valence-electron chi connectivity index (χ3n) is 7.55. The van der Waals surface area contributed by atoms with Crippen LogP contribution in [-0.4, -0.2) is 47.2 Å². The number of amides is 1. The van der Waals surface area contributed by atoms with Crippen molar-refractivity contribution in [2.75, 3.05) is 24.5 Å². The van der Waals surface area contributed by atoms with Crippen molar-refractivity contribution in [3.63, 3.8) is 0 Å². The maximum absolute atomic E-state index is 15.9. The SMILES string of the molecule is CC1(CNC(=O)C(N)Cc2ccccc2)CCN(c2c(F)cc3c(=O)c(C(=O)O)cn(C4CC4)c3c2F)C1. The summed E-state index contributed by atoms with van der Waals surface area (Å²) in [6.07, 6.45) is 3.58. The van der Waals surface area contributed by atoms with E-state index in [1.165, 1.54) is 4.57 Å². The number of aromatic carboxylic acids is 1. The Bertz CT molecular complexity index is 1470. The smallest absolute Gasteiger partial charge is 0.341 e. The van der Waals surface area contributed by atoms with E-state index < -0.39 is 40.1 Å². The number of nitrogens with two attached hydrogens (primary N) is 1. The molecule has 2 fully saturated rings. The highest BCUT2D eigenvalue weighted by Gasteiger charge is 2.38.